The number of esters is 8. The molecular weight excluding hydrogens is 1290 g/mol. The highest BCUT2D eigenvalue weighted by Crippen LogP contribution is 2.56. The van der Waals surface area contributed by atoms with Gasteiger partial charge in [-0.25, -0.2) is 0 Å². The summed E-state index contributed by atoms with van der Waals surface area (Å²) in [4.78, 5) is 124. The van der Waals surface area contributed by atoms with Gasteiger partial charge in [0.1, 0.15) is 59.0 Å². The largest absolute Gasteiger partial charge is 0.463 e. The standard InChI is InChI=1S/C85H98O17/c1-10-79(3,72(87)96-47-63-32-18-11-19-33-63)56-81(5,74(89)98-49-65-36-22-13-23-37-65)58-83(7,76(91)100-51-67-40-26-15-27-41-67)60-85(9,78(93)102-53-69-44-30-17-31-45-69)61-84(8,77(92)101-52-68-42-28-16-29-43-68)59-82(6,75(90)99-50-66-38-24-14-25-39-66)57-80(4,46-62(2)71(86)95-55-70-54-94-70)73(88)97-48-64-34-20-12-21-35-64/h11-45,62,70H,10,46-61H2,1-9H3. The average Bonchev–Trinajstić information content (AvgIpc) is 1.10. The fraction of sp³-hybridized carbons (Fsp3) is 0.412. The third kappa shape index (κ3) is 22.4. The van der Waals surface area contributed by atoms with Gasteiger partial charge in [0.15, 0.2) is 0 Å². The summed E-state index contributed by atoms with van der Waals surface area (Å²) < 4.78 is 55.0. The maximum atomic E-state index is 16.2. The van der Waals surface area contributed by atoms with E-state index in [0.29, 0.717) is 40.0 Å². The van der Waals surface area contributed by atoms with Crippen molar-refractivity contribution in [3.05, 3.63) is 251 Å². The lowest BCUT2D eigenvalue weighted by Gasteiger charge is -2.46. The van der Waals surface area contributed by atoms with E-state index in [1.165, 1.54) is 0 Å². The molecule has 1 fully saturated rings. The van der Waals surface area contributed by atoms with Crippen LogP contribution in [0, 0.1) is 43.8 Å². The lowest BCUT2D eigenvalue weighted by Crippen LogP contribution is -2.50. The second-order valence-corrected chi connectivity index (χ2v) is 29.5. The first kappa shape index (κ1) is 78.0. The van der Waals surface area contributed by atoms with Crippen molar-refractivity contribution in [2.24, 2.45) is 43.8 Å². The van der Waals surface area contributed by atoms with Gasteiger partial charge in [-0.1, -0.05) is 226 Å². The summed E-state index contributed by atoms with van der Waals surface area (Å²) in [5, 5.41) is 0. The molecule has 7 aromatic carbocycles. The molecule has 102 heavy (non-hydrogen) atoms. The smallest absolute Gasteiger partial charge is 0.312 e. The van der Waals surface area contributed by atoms with Gasteiger partial charge < -0.3 is 42.6 Å². The molecule has 1 saturated heterocycles. The van der Waals surface area contributed by atoms with Gasteiger partial charge in [-0.3, -0.25) is 38.4 Å². The predicted octanol–water partition coefficient (Wildman–Crippen LogP) is 16.0. The number of carbonyl (C=O) groups excluding carboxylic acids is 8. The second kappa shape index (κ2) is 35.7. The fourth-order valence-electron chi connectivity index (χ4n) is 14.3. The van der Waals surface area contributed by atoms with Crippen LogP contribution in [0.3, 0.4) is 0 Å². The van der Waals surface area contributed by atoms with E-state index in [9.17, 15) is 9.59 Å². The highest BCUT2D eigenvalue weighted by atomic mass is 16.6. The number of benzene rings is 7. The van der Waals surface area contributed by atoms with Gasteiger partial charge in [0.05, 0.1) is 50.4 Å². The van der Waals surface area contributed by atoms with Crippen molar-refractivity contribution in [2.75, 3.05) is 13.2 Å². The zero-order valence-corrected chi connectivity index (χ0v) is 60.3. The van der Waals surface area contributed by atoms with Gasteiger partial charge in [-0.05, 0) is 139 Å². The molecule has 0 aliphatic carbocycles. The Kier molecular flexibility index (Phi) is 27.3. The topological polar surface area (TPSA) is 223 Å². The van der Waals surface area contributed by atoms with Crippen LogP contribution in [0.2, 0.25) is 0 Å². The quantitative estimate of drug-likeness (QED) is 0.0198. The van der Waals surface area contributed by atoms with E-state index in [2.05, 4.69) is 0 Å². The monoisotopic (exact) mass is 1390 g/mol. The van der Waals surface area contributed by atoms with Crippen LogP contribution in [0.1, 0.15) is 153 Å². The van der Waals surface area contributed by atoms with E-state index < -0.39 is 124 Å². The molecule has 1 heterocycles. The third-order valence-corrected chi connectivity index (χ3v) is 19.4. The Bertz CT molecular complexity index is 3870. The number of epoxide rings is 1. The van der Waals surface area contributed by atoms with E-state index in [-0.39, 0.29) is 78.2 Å². The molecule has 8 rings (SSSR count). The van der Waals surface area contributed by atoms with E-state index in [1.807, 2.05) is 85.8 Å². The summed E-state index contributed by atoms with van der Waals surface area (Å²) in [6.45, 7) is 13.7. The summed E-state index contributed by atoms with van der Waals surface area (Å²) in [6.07, 6.45) is -2.86. The summed E-state index contributed by atoms with van der Waals surface area (Å²) in [5.41, 5.74) is -8.20. The molecule has 0 amide bonds. The minimum atomic E-state index is -2.01. The zero-order valence-electron chi connectivity index (χ0n) is 60.3. The first-order valence-electron chi connectivity index (χ1n) is 34.9. The molecule has 0 radical (unpaired) electrons. The Morgan fingerprint density at radius 2 is 0.500 bits per heavy atom. The van der Waals surface area contributed by atoms with Crippen LogP contribution in [-0.4, -0.2) is 67.1 Å². The van der Waals surface area contributed by atoms with Gasteiger partial charge in [0, 0.05) is 0 Å². The zero-order chi connectivity index (χ0) is 73.4. The Hall–Kier alpha value is -9.74. The molecule has 0 spiro atoms. The van der Waals surface area contributed by atoms with Crippen molar-refractivity contribution in [3.8, 4) is 0 Å². The summed E-state index contributed by atoms with van der Waals surface area (Å²) in [6, 6.07) is 63.1. The summed E-state index contributed by atoms with van der Waals surface area (Å²) in [5.74, 6) is -7.14. The van der Waals surface area contributed by atoms with Crippen molar-refractivity contribution in [2.45, 2.75) is 166 Å². The normalized spacial score (nSPS) is 17.0. The van der Waals surface area contributed by atoms with Crippen LogP contribution < -0.4 is 0 Å². The molecule has 1 aliphatic rings. The highest BCUT2D eigenvalue weighted by Gasteiger charge is 2.59. The first-order valence-corrected chi connectivity index (χ1v) is 34.9. The Balaban J connectivity index is 1.29. The minimum Gasteiger partial charge on any atom is -0.463 e. The second-order valence-electron chi connectivity index (χ2n) is 29.5. The third-order valence-electron chi connectivity index (χ3n) is 19.4. The van der Waals surface area contributed by atoms with E-state index in [1.54, 1.807) is 189 Å². The van der Waals surface area contributed by atoms with Crippen molar-refractivity contribution in [3.63, 3.8) is 0 Å². The van der Waals surface area contributed by atoms with Crippen LogP contribution >= 0.6 is 0 Å². The lowest BCUT2D eigenvalue weighted by molar-refractivity contribution is -0.178. The molecule has 0 saturated carbocycles. The van der Waals surface area contributed by atoms with E-state index in [4.69, 9.17) is 42.6 Å². The van der Waals surface area contributed by atoms with Crippen LogP contribution in [-0.2, 0) is 127 Å². The van der Waals surface area contributed by atoms with E-state index >= 15 is 28.8 Å². The number of hydrogen-bond acceptors (Lipinski definition) is 17. The van der Waals surface area contributed by atoms with Gasteiger partial charge >= 0.3 is 47.8 Å². The van der Waals surface area contributed by atoms with Crippen LogP contribution in [0.15, 0.2) is 212 Å². The molecule has 0 bridgehead atoms. The first-order chi connectivity index (χ1) is 48.7. The van der Waals surface area contributed by atoms with Crippen LogP contribution in [0.4, 0.5) is 0 Å². The Morgan fingerprint density at radius 1 is 0.314 bits per heavy atom. The minimum absolute atomic E-state index is 0.00118. The maximum absolute atomic E-state index is 16.2. The van der Waals surface area contributed by atoms with Crippen LogP contribution in [0.25, 0.3) is 0 Å². The molecule has 0 N–H and O–H groups in total. The highest BCUT2D eigenvalue weighted by molar-refractivity contribution is 5.87. The lowest BCUT2D eigenvalue weighted by atomic mass is 9.57. The molecule has 9 unspecified atom stereocenters. The van der Waals surface area contributed by atoms with Crippen molar-refractivity contribution < 1.29 is 81.0 Å². The molecule has 17 heteroatoms. The molecular formula is C85H98O17. The molecule has 17 nitrogen and oxygen atoms in total. The number of hydrogen-bond donors (Lipinski definition) is 0. The number of carbonyl (C=O) groups is 8. The van der Waals surface area contributed by atoms with Crippen molar-refractivity contribution >= 4 is 47.8 Å². The maximum Gasteiger partial charge on any atom is 0.312 e. The molecule has 1 aliphatic heterocycles. The fourth-order valence-corrected chi connectivity index (χ4v) is 14.3. The van der Waals surface area contributed by atoms with Gasteiger partial charge in [0.2, 0.25) is 0 Å². The Labute approximate surface area is 600 Å². The Morgan fingerprint density at radius 3 is 0.706 bits per heavy atom. The van der Waals surface area contributed by atoms with Crippen molar-refractivity contribution in [1.82, 2.24) is 0 Å². The summed E-state index contributed by atoms with van der Waals surface area (Å²) >= 11 is 0. The van der Waals surface area contributed by atoms with Crippen LogP contribution in [0.5, 0.6) is 0 Å². The molecule has 9 atom stereocenters. The average molecular weight is 1390 g/mol. The summed E-state index contributed by atoms with van der Waals surface area (Å²) in [7, 11) is 0. The van der Waals surface area contributed by atoms with E-state index in [0.717, 1.165) is 5.56 Å². The molecule has 0 aromatic heterocycles. The van der Waals surface area contributed by atoms with Gasteiger partial charge in [-0.15, -0.1) is 0 Å². The predicted molar refractivity (Wildman–Crippen MR) is 383 cm³/mol. The molecule has 7 aromatic rings. The molecule has 540 valence electrons. The SMILES string of the molecule is CCC(C)(CC(C)(CC(C)(CC(C)(CC(C)(CC(C)(CC(C)(CC(C)C(=O)OCC1CO1)C(=O)OCc1ccccc1)C(=O)OCc1ccccc1)C(=O)OCc1ccccc1)C(=O)OCc1ccccc1)C(=O)OCc1ccccc1)C(=O)OCc1ccccc1)C(=O)OCc1ccccc1. The number of rotatable bonds is 39. The van der Waals surface area contributed by atoms with Gasteiger partial charge in [-0.2, -0.15) is 0 Å². The van der Waals surface area contributed by atoms with Crippen molar-refractivity contribution in [1.29, 1.82) is 0 Å². The van der Waals surface area contributed by atoms with Gasteiger partial charge in [0.25, 0.3) is 0 Å². The number of ether oxygens (including phenoxy) is 9.